The zero-order valence-corrected chi connectivity index (χ0v) is 11.3. The van der Waals surface area contributed by atoms with Gasteiger partial charge >= 0.3 is 0 Å². The lowest BCUT2D eigenvalue weighted by Gasteiger charge is -2.17. The van der Waals surface area contributed by atoms with E-state index in [2.05, 4.69) is 34.1 Å². The van der Waals surface area contributed by atoms with E-state index in [1.165, 1.54) is 24.0 Å². The van der Waals surface area contributed by atoms with E-state index in [-0.39, 0.29) is 0 Å². The van der Waals surface area contributed by atoms with Crippen LogP contribution < -0.4 is 4.90 Å². The van der Waals surface area contributed by atoms with Gasteiger partial charge in [0.05, 0.1) is 0 Å². The molecular weight excluding hydrogens is 258 g/mol. The van der Waals surface area contributed by atoms with Gasteiger partial charge in [-0.3, -0.25) is 0 Å². The molecule has 2 aromatic rings. The van der Waals surface area contributed by atoms with E-state index in [1.54, 1.807) is 0 Å². The Labute approximate surface area is 117 Å². The fourth-order valence-electron chi connectivity index (χ4n) is 2.60. The normalized spacial score (nSPS) is 17.6. The Bertz CT molecular complexity index is 612. The maximum absolute atomic E-state index is 6.13. The van der Waals surface area contributed by atoms with Gasteiger partial charge in [-0.25, -0.2) is 9.97 Å². The average Bonchev–Trinajstić information content (AvgIpc) is 3.17. The van der Waals surface area contributed by atoms with E-state index in [9.17, 15) is 0 Å². The summed E-state index contributed by atoms with van der Waals surface area (Å²) in [4.78, 5) is 11.3. The fraction of sp³-hybridized carbons (Fsp3) is 0.333. The van der Waals surface area contributed by atoms with Crippen molar-refractivity contribution >= 4 is 17.4 Å². The Kier molecular flexibility index (Phi) is 2.49. The van der Waals surface area contributed by atoms with E-state index < -0.39 is 0 Å². The molecule has 3 nitrogen and oxygen atoms in total. The first-order chi connectivity index (χ1) is 9.29. The van der Waals surface area contributed by atoms with Gasteiger partial charge in [0.2, 0.25) is 0 Å². The van der Waals surface area contributed by atoms with E-state index in [1.807, 2.05) is 6.07 Å². The molecule has 0 atom stereocenters. The van der Waals surface area contributed by atoms with Crippen LogP contribution >= 0.6 is 11.6 Å². The molecule has 1 aliphatic carbocycles. The third kappa shape index (κ3) is 2.08. The molecule has 19 heavy (non-hydrogen) atoms. The van der Waals surface area contributed by atoms with E-state index >= 15 is 0 Å². The number of hydrogen-bond acceptors (Lipinski definition) is 3. The van der Waals surface area contributed by atoms with Crippen molar-refractivity contribution in [2.45, 2.75) is 31.8 Å². The van der Waals surface area contributed by atoms with Crippen molar-refractivity contribution in [3.8, 4) is 0 Å². The maximum Gasteiger partial charge on any atom is 0.135 e. The smallest absolute Gasteiger partial charge is 0.135 e. The minimum absolute atomic E-state index is 0.530. The second kappa shape index (κ2) is 4.20. The molecule has 1 aliphatic heterocycles. The van der Waals surface area contributed by atoms with Gasteiger partial charge < -0.3 is 4.90 Å². The predicted molar refractivity (Wildman–Crippen MR) is 75.3 cm³/mol. The number of nitrogens with zero attached hydrogens (tertiary/aromatic N) is 3. The second-order valence-corrected chi connectivity index (χ2v) is 5.69. The Morgan fingerprint density at radius 1 is 1.05 bits per heavy atom. The Morgan fingerprint density at radius 3 is 2.37 bits per heavy atom. The van der Waals surface area contributed by atoms with Crippen LogP contribution in [0.5, 0.6) is 0 Å². The number of fused-ring (bicyclic) bond motifs is 1. The summed E-state index contributed by atoms with van der Waals surface area (Å²) >= 11 is 6.13. The highest BCUT2D eigenvalue weighted by Gasteiger charge is 2.28. The molecule has 0 saturated heterocycles. The second-order valence-electron chi connectivity index (χ2n) is 5.31. The van der Waals surface area contributed by atoms with E-state index in [4.69, 9.17) is 16.6 Å². The monoisotopic (exact) mass is 271 g/mol. The van der Waals surface area contributed by atoms with Crippen molar-refractivity contribution in [1.82, 2.24) is 9.97 Å². The molecular formula is C15H14ClN3. The van der Waals surface area contributed by atoms with Crippen molar-refractivity contribution in [3.63, 3.8) is 0 Å². The largest absolute Gasteiger partial charge is 0.348 e. The Balaban J connectivity index is 1.67. The quantitative estimate of drug-likeness (QED) is 0.783. The van der Waals surface area contributed by atoms with Gasteiger partial charge in [0, 0.05) is 25.1 Å². The molecule has 2 aliphatic rings. The van der Waals surface area contributed by atoms with Crippen LogP contribution in [0.3, 0.4) is 0 Å². The topological polar surface area (TPSA) is 29.0 Å². The summed E-state index contributed by atoms with van der Waals surface area (Å²) in [7, 11) is 0. The maximum atomic E-state index is 6.13. The van der Waals surface area contributed by atoms with Crippen LogP contribution in [0.2, 0.25) is 5.15 Å². The lowest BCUT2D eigenvalue weighted by atomic mass is 10.1. The molecule has 1 saturated carbocycles. The summed E-state index contributed by atoms with van der Waals surface area (Å²) in [5.41, 5.74) is 2.76. The standard InChI is InChI=1S/C15H14ClN3/c16-13-7-14(18-15(17-13)10-5-6-10)19-8-11-3-1-2-4-12(11)9-19/h1-4,7,10H,5-6,8-9H2. The van der Waals surface area contributed by atoms with Gasteiger partial charge in [-0.15, -0.1) is 0 Å². The summed E-state index contributed by atoms with van der Waals surface area (Å²) in [6.07, 6.45) is 2.39. The highest BCUT2D eigenvalue weighted by Crippen LogP contribution is 2.39. The minimum Gasteiger partial charge on any atom is -0.348 e. The van der Waals surface area contributed by atoms with Gasteiger partial charge in [-0.1, -0.05) is 35.9 Å². The molecule has 2 heterocycles. The summed E-state index contributed by atoms with van der Waals surface area (Å²) in [5, 5.41) is 0.558. The summed E-state index contributed by atoms with van der Waals surface area (Å²) in [6.45, 7) is 1.82. The number of benzene rings is 1. The molecule has 1 fully saturated rings. The molecule has 0 amide bonds. The van der Waals surface area contributed by atoms with Crippen molar-refractivity contribution < 1.29 is 0 Å². The van der Waals surface area contributed by atoms with Crippen LogP contribution in [-0.2, 0) is 13.1 Å². The van der Waals surface area contributed by atoms with Crippen LogP contribution in [0, 0.1) is 0 Å². The molecule has 4 heteroatoms. The molecule has 0 unspecified atom stereocenters. The fourth-order valence-corrected chi connectivity index (χ4v) is 2.79. The third-order valence-corrected chi connectivity index (χ3v) is 4.00. The average molecular weight is 272 g/mol. The first kappa shape index (κ1) is 11.2. The Hall–Kier alpha value is -1.61. The van der Waals surface area contributed by atoms with Crippen molar-refractivity contribution in [2.75, 3.05) is 4.90 Å². The van der Waals surface area contributed by atoms with Crippen LogP contribution in [0.1, 0.15) is 35.7 Å². The van der Waals surface area contributed by atoms with E-state index in [0.29, 0.717) is 11.1 Å². The lowest BCUT2D eigenvalue weighted by Crippen LogP contribution is -2.17. The zero-order chi connectivity index (χ0) is 12.8. The highest BCUT2D eigenvalue weighted by atomic mass is 35.5. The number of anilines is 1. The van der Waals surface area contributed by atoms with Gasteiger partial charge in [0.1, 0.15) is 16.8 Å². The van der Waals surface area contributed by atoms with Gasteiger partial charge in [-0.2, -0.15) is 0 Å². The number of rotatable bonds is 2. The molecule has 0 spiro atoms. The van der Waals surface area contributed by atoms with Crippen LogP contribution in [0.4, 0.5) is 5.82 Å². The predicted octanol–water partition coefficient (Wildman–Crippen LogP) is 3.53. The molecule has 4 rings (SSSR count). The third-order valence-electron chi connectivity index (χ3n) is 3.81. The molecule has 1 aromatic heterocycles. The van der Waals surface area contributed by atoms with Crippen molar-refractivity contribution in [2.24, 2.45) is 0 Å². The highest BCUT2D eigenvalue weighted by molar-refractivity contribution is 6.29. The molecule has 1 aromatic carbocycles. The minimum atomic E-state index is 0.530. The van der Waals surface area contributed by atoms with Crippen LogP contribution in [0.15, 0.2) is 30.3 Å². The SMILES string of the molecule is Clc1cc(N2Cc3ccccc3C2)nc(C2CC2)n1. The summed E-state index contributed by atoms with van der Waals surface area (Å²) in [6, 6.07) is 10.4. The first-order valence-corrected chi connectivity index (χ1v) is 7.03. The van der Waals surface area contributed by atoms with Crippen molar-refractivity contribution in [3.05, 3.63) is 52.4 Å². The first-order valence-electron chi connectivity index (χ1n) is 6.66. The van der Waals surface area contributed by atoms with Gasteiger partial charge in [0.25, 0.3) is 0 Å². The molecule has 0 radical (unpaired) electrons. The molecule has 0 bridgehead atoms. The van der Waals surface area contributed by atoms with Crippen LogP contribution in [-0.4, -0.2) is 9.97 Å². The van der Waals surface area contributed by atoms with Crippen molar-refractivity contribution in [1.29, 1.82) is 0 Å². The van der Waals surface area contributed by atoms with Crippen LogP contribution in [0.25, 0.3) is 0 Å². The molecule has 0 N–H and O–H groups in total. The van der Waals surface area contributed by atoms with Gasteiger partial charge in [0.15, 0.2) is 0 Å². The zero-order valence-electron chi connectivity index (χ0n) is 10.5. The summed E-state index contributed by atoms with van der Waals surface area (Å²) < 4.78 is 0. The van der Waals surface area contributed by atoms with E-state index in [0.717, 1.165) is 24.7 Å². The number of hydrogen-bond donors (Lipinski definition) is 0. The number of aromatic nitrogens is 2. The summed E-state index contributed by atoms with van der Waals surface area (Å²) in [5.74, 6) is 2.40. The number of halogens is 1. The van der Waals surface area contributed by atoms with Gasteiger partial charge in [-0.05, 0) is 24.0 Å². The molecule has 96 valence electrons. The lowest BCUT2D eigenvalue weighted by molar-refractivity contribution is 0.826. The Morgan fingerprint density at radius 2 is 1.74 bits per heavy atom.